The third kappa shape index (κ3) is 3.49. The van der Waals surface area contributed by atoms with Crippen LogP contribution in [-0.4, -0.2) is 20.0 Å². The van der Waals surface area contributed by atoms with Crippen molar-refractivity contribution in [3.8, 4) is 11.8 Å². The van der Waals surface area contributed by atoms with Gasteiger partial charge in [-0.05, 0) is 0 Å². The number of nitro groups is 1. The molecule has 0 spiro atoms. The fraction of sp³-hybridized carbons (Fsp3) is 0.125. The summed E-state index contributed by atoms with van der Waals surface area (Å²) >= 11 is 0. The zero-order valence-corrected chi connectivity index (χ0v) is 10.3. The van der Waals surface area contributed by atoms with Crippen LogP contribution in [0.2, 0.25) is 0 Å². The van der Waals surface area contributed by atoms with E-state index in [-0.39, 0.29) is 0 Å². The van der Waals surface area contributed by atoms with E-state index in [0.717, 1.165) is 0 Å². The number of ether oxygens (including phenoxy) is 1. The zero-order chi connectivity index (χ0) is 14.8. The summed E-state index contributed by atoms with van der Waals surface area (Å²) < 4.78 is 50.5. The van der Waals surface area contributed by atoms with Crippen LogP contribution in [0.5, 0.6) is 5.75 Å². The third-order valence-electron chi connectivity index (χ3n) is 1.85. The van der Waals surface area contributed by atoms with Crippen molar-refractivity contribution in [2.75, 3.05) is 0 Å². The van der Waals surface area contributed by atoms with Crippen LogP contribution in [0.15, 0.2) is 17.0 Å². The van der Waals surface area contributed by atoms with Crippen LogP contribution in [0.25, 0.3) is 0 Å². The van der Waals surface area contributed by atoms with Gasteiger partial charge in [-0.2, -0.15) is 14.0 Å². The van der Waals surface area contributed by atoms with Crippen molar-refractivity contribution in [1.82, 2.24) is 0 Å². The largest absolute Gasteiger partial charge is 0.433 e. The molecule has 1 aromatic carbocycles. The van der Waals surface area contributed by atoms with Crippen molar-refractivity contribution in [3.05, 3.63) is 27.8 Å². The molecule has 0 saturated carbocycles. The average Bonchev–Trinajstić information content (AvgIpc) is 2.25. The Morgan fingerprint density at radius 3 is 2.42 bits per heavy atom. The molecule has 0 bridgehead atoms. The number of alkyl halides is 2. The van der Waals surface area contributed by atoms with E-state index in [1.54, 1.807) is 0 Å². The van der Waals surface area contributed by atoms with Crippen molar-refractivity contribution in [2.24, 2.45) is 0 Å². The van der Waals surface area contributed by atoms with E-state index in [9.17, 15) is 27.3 Å². The van der Waals surface area contributed by atoms with Crippen LogP contribution in [0, 0.1) is 21.4 Å². The van der Waals surface area contributed by atoms with Gasteiger partial charge in [-0.25, -0.2) is 8.42 Å². The maximum atomic E-state index is 12.1. The molecule has 0 atom stereocenters. The Morgan fingerprint density at radius 1 is 1.47 bits per heavy atom. The van der Waals surface area contributed by atoms with Crippen molar-refractivity contribution >= 4 is 25.4 Å². The molecule has 19 heavy (non-hydrogen) atoms. The van der Waals surface area contributed by atoms with E-state index in [2.05, 4.69) is 4.74 Å². The van der Waals surface area contributed by atoms with Gasteiger partial charge in [0, 0.05) is 16.7 Å². The van der Waals surface area contributed by atoms with Gasteiger partial charge in [-0.1, -0.05) is 0 Å². The summed E-state index contributed by atoms with van der Waals surface area (Å²) in [6, 6.07) is 2.29. The SMILES string of the molecule is N#Cc1c(OC(F)F)cc([N+](=O)[O-])cc1S(=O)(=O)Cl. The van der Waals surface area contributed by atoms with Crippen LogP contribution in [-0.2, 0) is 9.05 Å². The molecule has 0 N–H and O–H groups in total. The average molecular weight is 313 g/mol. The highest BCUT2D eigenvalue weighted by atomic mass is 35.7. The number of benzene rings is 1. The van der Waals surface area contributed by atoms with Crippen LogP contribution < -0.4 is 4.74 Å². The maximum Gasteiger partial charge on any atom is 0.387 e. The predicted molar refractivity (Wildman–Crippen MR) is 57.5 cm³/mol. The van der Waals surface area contributed by atoms with Gasteiger partial charge < -0.3 is 4.74 Å². The van der Waals surface area contributed by atoms with Crippen LogP contribution in [0.3, 0.4) is 0 Å². The highest BCUT2D eigenvalue weighted by Gasteiger charge is 2.26. The second-order valence-electron chi connectivity index (χ2n) is 3.00. The van der Waals surface area contributed by atoms with Gasteiger partial charge in [-0.15, -0.1) is 0 Å². The Labute approximate surface area is 109 Å². The second-order valence-corrected chi connectivity index (χ2v) is 5.54. The van der Waals surface area contributed by atoms with Crippen molar-refractivity contribution in [1.29, 1.82) is 5.26 Å². The van der Waals surface area contributed by atoms with Gasteiger partial charge in [0.05, 0.1) is 11.0 Å². The van der Waals surface area contributed by atoms with E-state index < -0.39 is 42.5 Å². The summed E-state index contributed by atoms with van der Waals surface area (Å²) in [5.41, 5.74) is -1.69. The molecule has 0 aliphatic carbocycles. The Bertz CT molecular complexity index is 670. The standard InChI is InChI=1S/C8H3ClF2N2O5S/c9-19(16,17)7-2-4(13(14)15)1-6(5(7)3-12)18-8(10)11/h1-2,8H. The van der Waals surface area contributed by atoms with Gasteiger partial charge >= 0.3 is 6.61 Å². The third-order valence-corrected chi connectivity index (χ3v) is 3.20. The number of nitrogens with zero attached hydrogens (tertiary/aromatic N) is 2. The molecule has 0 radical (unpaired) electrons. The first-order chi connectivity index (χ1) is 8.66. The highest BCUT2D eigenvalue weighted by molar-refractivity contribution is 8.13. The smallest absolute Gasteiger partial charge is 0.387 e. The van der Waals surface area contributed by atoms with Crippen molar-refractivity contribution in [2.45, 2.75) is 11.5 Å². The van der Waals surface area contributed by atoms with Gasteiger partial charge in [0.15, 0.2) is 5.75 Å². The lowest BCUT2D eigenvalue weighted by Crippen LogP contribution is -2.07. The first-order valence-electron chi connectivity index (χ1n) is 4.29. The number of nitro benzene ring substituents is 1. The molecule has 0 fully saturated rings. The molecule has 102 valence electrons. The van der Waals surface area contributed by atoms with E-state index in [0.29, 0.717) is 12.1 Å². The zero-order valence-electron chi connectivity index (χ0n) is 8.71. The van der Waals surface area contributed by atoms with E-state index >= 15 is 0 Å². The number of hydrogen-bond acceptors (Lipinski definition) is 6. The normalized spacial score (nSPS) is 11.1. The van der Waals surface area contributed by atoms with Crippen molar-refractivity contribution < 1.29 is 26.9 Å². The lowest BCUT2D eigenvalue weighted by atomic mass is 10.2. The summed E-state index contributed by atoms with van der Waals surface area (Å²) in [5, 5.41) is 19.3. The van der Waals surface area contributed by atoms with Gasteiger partial charge in [0.25, 0.3) is 14.7 Å². The van der Waals surface area contributed by atoms with Crippen LogP contribution >= 0.6 is 10.7 Å². The summed E-state index contributed by atoms with van der Waals surface area (Å²) in [6.45, 7) is -3.39. The summed E-state index contributed by atoms with van der Waals surface area (Å²) in [4.78, 5) is 8.55. The Hall–Kier alpha value is -1.99. The van der Waals surface area contributed by atoms with E-state index in [1.165, 1.54) is 6.07 Å². The van der Waals surface area contributed by atoms with E-state index in [4.69, 9.17) is 15.9 Å². The number of nitriles is 1. The molecule has 0 saturated heterocycles. The van der Waals surface area contributed by atoms with Crippen molar-refractivity contribution in [3.63, 3.8) is 0 Å². The summed E-state index contributed by atoms with van der Waals surface area (Å²) in [7, 11) is 0.444. The quantitative estimate of drug-likeness (QED) is 0.477. The molecule has 0 aromatic heterocycles. The van der Waals surface area contributed by atoms with Gasteiger partial charge in [-0.3, -0.25) is 10.1 Å². The first-order valence-corrected chi connectivity index (χ1v) is 6.59. The molecule has 0 aliphatic rings. The fourth-order valence-electron chi connectivity index (χ4n) is 1.17. The molecule has 0 unspecified atom stereocenters. The number of hydrogen-bond donors (Lipinski definition) is 0. The monoisotopic (exact) mass is 312 g/mol. The summed E-state index contributed by atoms with van der Waals surface area (Å²) in [5.74, 6) is -0.939. The molecule has 0 heterocycles. The molecule has 1 rings (SSSR count). The Balaban J connectivity index is 3.67. The highest BCUT2D eigenvalue weighted by Crippen LogP contribution is 2.33. The van der Waals surface area contributed by atoms with E-state index in [1.807, 2.05) is 0 Å². The molecule has 0 amide bonds. The molecule has 0 aliphatic heterocycles. The lowest BCUT2D eigenvalue weighted by molar-refractivity contribution is -0.385. The van der Waals surface area contributed by atoms with Gasteiger partial charge in [0.2, 0.25) is 0 Å². The molecule has 7 nitrogen and oxygen atoms in total. The maximum absolute atomic E-state index is 12.1. The number of non-ortho nitro benzene ring substituents is 1. The van der Waals surface area contributed by atoms with Gasteiger partial charge in [0.1, 0.15) is 16.5 Å². The first kappa shape index (κ1) is 15.1. The minimum absolute atomic E-state index is 0.485. The van der Waals surface area contributed by atoms with Crippen LogP contribution in [0.4, 0.5) is 14.5 Å². The molecular weight excluding hydrogens is 310 g/mol. The van der Waals surface area contributed by atoms with Crippen LogP contribution in [0.1, 0.15) is 5.56 Å². The minimum atomic E-state index is -4.54. The number of rotatable bonds is 4. The summed E-state index contributed by atoms with van der Waals surface area (Å²) in [6.07, 6.45) is 0. The Morgan fingerprint density at radius 2 is 2.05 bits per heavy atom. The number of halogens is 3. The predicted octanol–water partition coefficient (Wildman–Crippen LogP) is 2.00. The minimum Gasteiger partial charge on any atom is -0.433 e. The fourth-order valence-corrected chi connectivity index (χ4v) is 2.19. The topological polar surface area (TPSA) is 110 Å². The molecule has 1 aromatic rings. The molecular formula is C8H3ClF2N2O5S. The lowest BCUT2D eigenvalue weighted by Gasteiger charge is -2.08. The Kier molecular flexibility index (Phi) is 4.23. The second kappa shape index (κ2) is 5.33. The molecule has 11 heteroatoms.